The number of aromatic hydroxyl groups is 1. The quantitative estimate of drug-likeness (QED) is 0.562. The number of ether oxygens (including phenoxy) is 2. The summed E-state index contributed by atoms with van der Waals surface area (Å²) in [6, 6.07) is 10.5. The molecule has 0 aliphatic carbocycles. The summed E-state index contributed by atoms with van der Waals surface area (Å²) in [7, 11) is 0. The molecule has 27 heavy (non-hydrogen) atoms. The van der Waals surface area contributed by atoms with Gasteiger partial charge in [0.1, 0.15) is 5.75 Å². The molecular formula is C20H24N2O5. The summed E-state index contributed by atoms with van der Waals surface area (Å²) < 4.78 is 10.7. The van der Waals surface area contributed by atoms with Gasteiger partial charge in [-0.05, 0) is 55.2 Å². The van der Waals surface area contributed by atoms with Crippen molar-refractivity contribution < 1.29 is 24.5 Å². The Morgan fingerprint density at radius 2 is 2.00 bits per heavy atom. The van der Waals surface area contributed by atoms with Crippen molar-refractivity contribution in [3.8, 4) is 17.2 Å². The van der Waals surface area contributed by atoms with Gasteiger partial charge in [-0.2, -0.15) is 0 Å². The van der Waals surface area contributed by atoms with E-state index in [1.165, 1.54) is 12.1 Å². The zero-order valence-electron chi connectivity index (χ0n) is 15.1. The van der Waals surface area contributed by atoms with Crippen LogP contribution in [0.1, 0.15) is 40.9 Å². The first-order valence-corrected chi connectivity index (χ1v) is 8.86. The SMILES string of the molecule is C[C@H](CCc1ccc2c(c1)OCO2)NC[C@@H](O)c1ccc(O)c(C(N)=O)c1. The van der Waals surface area contributed by atoms with Crippen LogP contribution in [0.4, 0.5) is 0 Å². The lowest BCUT2D eigenvalue weighted by molar-refractivity contribution is 0.0997. The van der Waals surface area contributed by atoms with Crippen molar-refractivity contribution in [3.05, 3.63) is 53.1 Å². The van der Waals surface area contributed by atoms with E-state index in [1.54, 1.807) is 6.07 Å². The van der Waals surface area contributed by atoms with Crippen LogP contribution in [0.2, 0.25) is 0 Å². The monoisotopic (exact) mass is 372 g/mol. The summed E-state index contributed by atoms with van der Waals surface area (Å²) in [4.78, 5) is 11.3. The second-order valence-electron chi connectivity index (χ2n) is 6.69. The van der Waals surface area contributed by atoms with E-state index in [1.807, 2.05) is 25.1 Å². The maximum Gasteiger partial charge on any atom is 0.252 e. The largest absolute Gasteiger partial charge is 0.507 e. The third-order valence-electron chi connectivity index (χ3n) is 4.63. The normalized spacial score (nSPS) is 14.7. The van der Waals surface area contributed by atoms with E-state index in [2.05, 4.69) is 5.32 Å². The maximum atomic E-state index is 11.3. The Hall–Kier alpha value is -2.77. The maximum absolute atomic E-state index is 11.3. The van der Waals surface area contributed by atoms with Crippen molar-refractivity contribution >= 4 is 5.91 Å². The van der Waals surface area contributed by atoms with Gasteiger partial charge < -0.3 is 30.7 Å². The van der Waals surface area contributed by atoms with Crippen LogP contribution in [0, 0.1) is 0 Å². The van der Waals surface area contributed by atoms with Gasteiger partial charge in [-0.25, -0.2) is 0 Å². The molecule has 0 radical (unpaired) electrons. The van der Waals surface area contributed by atoms with Gasteiger partial charge in [0.2, 0.25) is 6.79 Å². The molecule has 5 N–H and O–H groups in total. The molecule has 0 spiro atoms. The number of primary amides is 1. The number of rotatable bonds is 8. The second-order valence-corrected chi connectivity index (χ2v) is 6.69. The highest BCUT2D eigenvalue weighted by atomic mass is 16.7. The van der Waals surface area contributed by atoms with Crippen molar-refractivity contribution in [1.82, 2.24) is 5.32 Å². The minimum absolute atomic E-state index is 0.00223. The number of phenols is 1. The highest BCUT2D eigenvalue weighted by Gasteiger charge is 2.15. The van der Waals surface area contributed by atoms with Crippen LogP contribution in [0.25, 0.3) is 0 Å². The first kappa shape index (κ1) is 19.0. The van der Waals surface area contributed by atoms with Crippen molar-refractivity contribution in [2.24, 2.45) is 5.73 Å². The molecule has 1 aliphatic heterocycles. The number of fused-ring (bicyclic) bond motifs is 1. The first-order valence-electron chi connectivity index (χ1n) is 8.86. The van der Waals surface area contributed by atoms with Crippen LogP contribution < -0.4 is 20.5 Å². The molecule has 0 aromatic heterocycles. The molecule has 2 aromatic rings. The lowest BCUT2D eigenvalue weighted by atomic mass is 10.0. The molecule has 1 amide bonds. The lowest BCUT2D eigenvalue weighted by Crippen LogP contribution is -2.31. The summed E-state index contributed by atoms with van der Waals surface area (Å²) in [6.45, 7) is 2.64. The average Bonchev–Trinajstić information content (AvgIpc) is 3.12. The number of aliphatic hydroxyl groups is 1. The summed E-state index contributed by atoms with van der Waals surface area (Å²) in [5.74, 6) is 0.633. The number of aryl methyl sites for hydroxylation is 1. The molecule has 7 nitrogen and oxygen atoms in total. The van der Waals surface area contributed by atoms with Crippen LogP contribution >= 0.6 is 0 Å². The summed E-state index contributed by atoms with van der Waals surface area (Å²) in [6.07, 6.45) is 0.942. The highest BCUT2D eigenvalue weighted by molar-refractivity contribution is 5.95. The number of hydrogen-bond acceptors (Lipinski definition) is 6. The summed E-state index contributed by atoms with van der Waals surface area (Å²) >= 11 is 0. The topological polar surface area (TPSA) is 114 Å². The molecule has 0 saturated heterocycles. The Balaban J connectivity index is 1.49. The van der Waals surface area contributed by atoms with Gasteiger partial charge in [0.25, 0.3) is 5.91 Å². The number of nitrogens with two attached hydrogens (primary N) is 1. The number of amides is 1. The molecule has 144 valence electrons. The van der Waals surface area contributed by atoms with E-state index in [4.69, 9.17) is 15.2 Å². The summed E-state index contributed by atoms with van der Waals surface area (Å²) in [5, 5.41) is 23.2. The number of carbonyl (C=O) groups excluding carboxylic acids is 1. The van der Waals surface area contributed by atoms with E-state index in [9.17, 15) is 15.0 Å². The fourth-order valence-electron chi connectivity index (χ4n) is 2.97. The molecule has 0 fully saturated rings. The van der Waals surface area contributed by atoms with Crippen molar-refractivity contribution in [2.45, 2.75) is 31.9 Å². The molecule has 2 aromatic carbocycles. The van der Waals surface area contributed by atoms with E-state index in [0.717, 1.165) is 29.9 Å². The minimum atomic E-state index is -0.809. The zero-order valence-corrected chi connectivity index (χ0v) is 15.1. The lowest BCUT2D eigenvalue weighted by Gasteiger charge is -2.18. The van der Waals surface area contributed by atoms with Gasteiger partial charge >= 0.3 is 0 Å². The van der Waals surface area contributed by atoms with E-state index in [0.29, 0.717) is 12.1 Å². The molecule has 0 unspecified atom stereocenters. The molecule has 1 aliphatic rings. The number of hydrogen-bond donors (Lipinski definition) is 4. The molecule has 7 heteroatoms. The third-order valence-corrected chi connectivity index (χ3v) is 4.63. The predicted molar refractivity (Wildman–Crippen MR) is 99.9 cm³/mol. The fraction of sp³-hybridized carbons (Fsp3) is 0.350. The van der Waals surface area contributed by atoms with Crippen molar-refractivity contribution in [1.29, 1.82) is 0 Å². The third kappa shape index (κ3) is 4.69. The Kier molecular flexibility index (Phi) is 5.83. The summed E-state index contributed by atoms with van der Waals surface area (Å²) in [5.41, 5.74) is 6.91. The number of benzene rings is 2. The zero-order chi connectivity index (χ0) is 19.4. The van der Waals surface area contributed by atoms with Crippen molar-refractivity contribution in [3.63, 3.8) is 0 Å². The number of carbonyl (C=O) groups is 1. The number of nitrogens with one attached hydrogen (secondary N) is 1. The average molecular weight is 372 g/mol. The van der Waals surface area contributed by atoms with Crippen LogP contribution in [0.5, 0.6) is 17.2 Å². The molecular weight excluding hydrogens is 348 g/mol. The Labute approximate surface area is 157 Å². The van der Waals surface area contributed by atoms with Gasteiger partial charge in [0, 0.05) is 12.6 Å². The smallest absolute Gasteiger partial charge is 0.252 e. The first-order chi connectivity index (χ1) is 12.9. The van der Waals surface area contributed by atoms with Gasteiger partial charge in [0.05, 0.1) is 11.7 Å². The molecule has 1 heterocycles. The fourth-order valence-corrected chi connectivity index (χ4v) is 2.97. The van der Waals surface area contributed by atoms with Gasteiger partial charge in [-0.3, -0.25) is 4.79 Å². The molecule has 2 atom stereocenters. The van der Waals surface area contributed by atoms with E-state index < -0.39 is 12.0 Å². The standard InChI is InChI=1S/C20H24N2O5/c1-12(2-3-13-4-7-18-19(8-13)27-11-26-18)22-10-17(24)14-5-6-16(23)15(9-14)20(21)25/h4-9,12,17,22-24H,2-3,10-11H2,1H3,(H2,21,25)/t12-,17-/m1/s1. The van der Waals surface area contributed by atoms with Gasteiger partial charge in [-0.1, -0.05) is 12.1 Å². The Bertz CT molecular complexity index is 824. The second kappa shape index (κ2) is 8.28. The minimum Gasteiger partial charge on any atom is -0.507 e. The molecule has 0 saturated carbocycles. The molecule has 3 rings (SSSR count). The van der Waals surface area contributed by atoms with Gasteiger partial charge in [0.15, 0.2) is 11.5 Å². The Morgan fingerprint density at radius 1 is 1.22 bits per heavy atom. The van der Waals surface area contributed by atoms with Crippen LogP contribution in [0.3, 0.4) is 0 Å². The van der Waals surface area contributed by atoms with Crippen molar-refractivity contribution in [2.75, 3.05) is 13.3 Å². The van der Waals surface area contributed by atoms with E-state index >= 15 is 0 Å². The van der Waals surface area contributed by atoms with Gasteiger partial charge in [-0.15, -0.1) is 0 Å². The van der Waals surface area contributed by atoms with Crippen LogP contribution in [-0.2, 0) is 6.42 Å². The molecule has 0 bridgehead atoms. The predicted octanol–water partition coefficient (Wildman–Crippen LogP) is 1.86. The van der Waals surface area contributed by atoms with E-state index in [-0.39, 0.29) is 24.1 Å². The Morgan fingerprint density at radius 3 is 2.78 bits per heavy atom. The van der Waals surface area contributed by atoms with Crippen LogP contribution in [0.15, 0.2) is 36.4 Å². The van der Waals surface area contributed by atoms with Crippen LogP contribution in [-0.4, -0.2) is 35.5 Å². The number of aliphatic hydroxyl groups excluding tert-OH is 1. The highest BCUT2D eigenvalue weighted by Crippen LogP contribution is 2.32.